The summed E-state index contributed by atoms with van der Waals surface area (Å²) >= 11 is 0. The Morgan fingerprint density at radius 2 is 2.11 bits per heavy atom. The van der Waals surface area contributed by atoms with Gasteiger partial charge in [-0.05, 0) is 32.9 Å². The van der Waals surface area contributed by atoms with Gasteiger partial charge >= 0.3 is 0 Å². The van der Waals surface area contributed by atoms with E-state index in [0.29, 0.717) is 13.0 Å². The lowest BCUT2D eigenvalue weighted by Gasteiger charge is -2.10. The molecular formula is C14H19N3O. The Balaban J connectivity index is 2.12. The highest BCUT2D eigenvalue weighted by Gasteiger charge is 2.09. The van der Waals surface area contributed by atoms with Gasteiger partial charge in [-0.3, -0.25) is 4.79 Å². The number of imidazole rings is 1. The zero-order valence-corrected chi connectivity index (χ0v) is 11.1. The molecule has 0 aliphatic heterocycles. The van der Waals surface area contributed by atoms with Crippen LogP contribution >= 0.6 is 0 Å². The van der Waals surface area contributed by atoms with Crippen LogP contribution in [-0.2, 0) is 11.3 Å². The van der Waals surface area contributed by atoms with Crippen molar-refractivity contribution in [3.05, 3.63) is 30.1 Å². The number of nitrogens with one attached hydrogen (secondary N) is 1. The highest BCUT2D eigenvalue weighted by Crippen LogP contribution is 2.15. The van der Waals surface area contributed by atoms with Crippen molar-refractivity contribution in [3.63, 3.8) is 0 Å². The molecule has 1 heterocycles. The van der Waals surface area contributed by atoms with Crippen molar-refractivity contribution in [2.45, 2.75) is 39.8 Å². The molecule has 0 unspecified atom stereocenters. The molecule has 18 heavy (non-hydrogen) atoms. The molecule has 1 amide bonds. The van der Waals surface area contributed by atoms with Crippen LogP contribution in [0.4, 0.5) is 0 Å². The van der Waals surface area contributed by atoms with Crippen LogP contribution in [0.15, 0.2) is 24.3 Å². The highest BCUT2D eigenvalue weighted by atomic mass is 16.1. The summed E-state index contributed by atoms with van der Waals surface area (Å²) in [6, 6.07) is 8.19. The van der Waals surface area contributed by atoms with Gasteiger partial charge in [0.1, 0.15) is 5.82 Å². The molecule has 0 aliphatic rings. The van der Waals surface area contributed by atoms with Gasteiger partial charge in [0.15, 0.2) is 0 Å². The van der Waals surface area contributed by atoms with Crippen molar-refractivity contribution in [1.82, 2.24) is 14.9 Å². The third-order valence-electron chi connectivity index (χ3n) is 2.86. The molecule has 1 aromatic heterocycles. The Kier molecular flexibility index (Phi) is 3.65. The quantitative estimate of drug-likeness (QED) is 0.898. The Morgan fingerprint density at radius 1 is 1.39 bits per heavy atom. The van der Waals surface area contributed by atoms with Gasteiger partial charge in [0.05, 0.1) is 11.0 Å². The minimum absolute atomic E-state index is 0.0854. The standard InChI is InChI=1S/C14H19N3O/c1-10(2)15-14(18)8-9-17-11(3)16-12-6-4-5-7-13(12)17/h4-7,10H,8-9H2,1-3H3,(H,15,18). The molecule has 0 fully saturated rings. The minimum Gasteiger partial charge on any atom is -0.354 e. The maximum Gasteiger partial charge on any atom is 0.221 e. The van der Waals surface area contributed by atoms with E-state index in [9.17, 15) is 4.79 Å². The van der Waals surface area contributed by atoms with Crippen molar-refractivity contribution < 1.29 is 4.79 Å². The number of nitrogens with zero attached hydrogens (tertiary/aromatic N) is 2. The van der Waals surface area contributed by atoms with Gasteiger partial charge in [-0.1, -0.05) is 12.1 Å². The SMILES string of the molecule is Cc1nc2ccccc2n1CCC(=O)NC(C)C. The Hall–Kier alpha value is -1.84. The summed E-state index contributed by atoms with van der Waals surface area (Å²) in [7, 11) is 0. The maximum atomic E-state index is 11.7. The number of carbonyl (C=O) groups excluding carboxylic acids is 1. The molecule has 2 aromatic rings. The van der Waals surface area contributed by atoms with Crippen LogP contribution in [-0.4, -0.2) is 21.5 Å². The van der Waals surface area contributed by atoms with Gasteiger partial charge in [-0.25, -0.2) is 4.98 Å². The molecule has 0 atom stereocenters. The van der Waals surface area contributed by atoms with Crippen LogP contribution in [0.2, 0.25) is 0 Å². The topological polar surface area (TPSA) is 46.9 Å². The highest BCUT2D eigenvalue weighted by molar-refractivity contribution is 5.78. The molecule has 1 N–H and O–H groups in total. The third-order valence-corrected chi connectivity index (χ3v) is 2.86. The average molecular weight is 245 g/mol. The van der Waals surface area contributed by atoms with E-state index >= 15 is 0 Å². The summed E-state index contributed by atoms with van der Waals surface area (Å²) < 4.78 is 2.09. The summed E-state index contributed by atoms with van der Waals surface area (Å²) in [6.07, 6.45) is 0.485. The first-order chi connectivity index (χ1) is 8.58. The summed E-state index contributed by atoms with van der Waals surface area (Å²) in [5, 5.41) is 2.90. The molecule has 2 rings (SSSR count). The lowest BCUT2D eigenvalue weighted by molar-refractivity contribution is -0.121. The van der Waals surface area contributed by atoms with Crippen molar-refractivity contribution in [1.29, 1.82) is 0 Å². The van der Waals surface area contributed by atoms with E-state index in [-0.39, 0.29) is 11.9 Å². The van der Waals surface area contributed by atoms with E-state index in [1.807, 2.05) is 45.0 Å². The number of fused-ring (bicyclic) bond motifs is 1. The normalized spacial score (nSPS) is 11.1. The molecule has 0 radical (unpaired) electrons. The van der Waals surface area contributed by atoms with Crippen LogP contribution in [0.25, 0.3) is 11.0 Å². The largest absolute Gasteiger partial charge is 0.354 e. The molecule has 4 heteroatoms. The number of benzene rings is 1. The number of aryl methyl sites for hydroxylation is 2. The number of amides is 1. The fourth-order valence-electron chi connectivity index (χ4n) is 2.09. The zero-order valence-electron chi connectivity index (χ0n) is 11.1. The predicted molar refractivity (Wildman–Crippen MR) is 72.4 cm³/mol. The summed E-state index contributed by atoms with van der Waals surface area (Å²) in [5.41, 5.74) is 2.08. The number of hydrogen-bond donors (Lipinski definition) is 1. The number of carbonyl (C=O) groups is 1. The monoisotopic (exact) mass is 245 g/mol. The van der Waals surface area contributed by atoms with Gasteiger partial charge in [-0.2, -0.15) is 0 Å². The van der Waals surface area contributed by atoms with Crippen LogP contribution in [0.5, 0.6) is 0 Å². The lowest BCUT2D eigenvalue weighted by Crippen LogP contribution is -2.30. The Morgan fingerprint density at radius 3 is 2.83 bits per heavy atom. The zero-order chi connectivity index (χ0) is 13.1. The van der Waals surface area contributed by atoms with E-state index < -0.39 is 0 Å². The minimum atomic E-state index is 0.0854. The van der Waals surface area contributed by atoms with Gasteiger partial charge in [0, 0.05) is 19.0 Å². The summed E-state index contributed by atoms with van der Waals surface area (Å²) in [6.45, 7) is 6.58. The van der Waals surface area contributed by atoms with Gasteiger partial charge < -0.3 is 9.88 Å². The van der Waals surface area contributed by atoms with Crippen LogP contribution in [0.3, 0.4) is 0 Å². The van der Waals surface area contributed by atoms with Gasteiger partial charge in [0.25, 0.3) is 0 Å². The van der Waals surface area contributed by atoms with Crippen molar-refractivity contribution in [3.8, 4) is 0 Å². The number of para-hydroxylation sites is 2. The third kappa shape index (κ3) is 2.70. The molecule has 0 saturated heterocycles. The van der Waals surface area contributed by atoms with Crippen molar-refractivity contribution in [2.24, 2.45) is 0 Å². The van der Waals surface area contributed by atoms with Crippen LogP contribution in [0.1, 0.15) is 26.1 Å². The molecule has 0 spiro atoms. The number of aromatic nitrogens is 2. The Labute approximate surface area is 107 Å². The Bertz CT molecular complexity index is 557. The van der Waals surface area contributed by atoms with E-state index in [0.717, 1.165) is 16.9 Å². The first kappa shape index (κ1) is 12.6. The molecule has 0 saturated carbocycles. The fourth-order valence-corrected chi connectivity index (χ4v) is 2.09. The van der Waals surface area contributed by atoms with Crippen LogP contribution in [0, 0.1) is 6.92 Å². The predicted octanol–water partition coefficient (Wildman–Crippen LogP) is 2.26. The van der Waals surface area contributed by atoms with E-state index in [1.165, 1.54) is 0 Å². The first-order valence-corrected chi connectivity index (χ1v) is 6.29. The first-order valence-electron chi connectivity index (χ1n) is 6.29. The average Bonchev–Trinajstić information content (AvgIpc) is 2.61. The van der Waals surface area contributed by atoms with E-state index in [2.05, 4.69) is 14.9 Å². The molecule has 1 aromatic carbocycles. The second-order valence-electron chi connectivity index (χ2n) is 4.77. The van der Waals surface area contributed by atoms with Crippen molar-refractivity contribution in [2.75, 3.05) is 0 Å². The second-order valence-corrected chi connectivity index (χ2v) is 4.77. The molecule has 4 nitrogen and oxygen atoms in total. The number of rotatable bonds is 4. The summed E-state index contributed by atoms with van der Waals surface area (Å²) in [4.78, 5) is 16.1. The van der Waals surface area contributed by atoms with E-state index in [4.69, 9.17) is 0 Å². The van der Waals surface area contributed by atoms with Gasteiger partial charge in [0.2, 0.25) is 5.91 Å². The maximum absolute atomic E-state index is 11.7. The molecule has 0 bridgehead atoms. The summed E-state index contributed by atoms with van der Waals surface area (Å²) in [5.74, 6) is 1.04. The van der Waals surface area contributed by atoms with Gasteiger partial charge in [-0.15, -0.1) is 0 Å². The van der Waals surface area contributed by atoms with E-state index in [1.54, 1.807) is 0 Å². The van der Waals surface area contributed by atoms with Crippen molar-refractivity contribution >= 4 is 16.9 Å². The number of hydrogen-bond acceptors (Lipinski definition) is 2. The van der Waals surface area contributed by atoms with Crippen LogP contribution < -0.4 is 5.32 Å². The smallest absolute Gasteiger partial charge is 0.221 e. The second kappa shape index (κ2) is 5.21. The fraction of sp³-hybridized carbons (Fsp3) is 0.429. The lowest BCUT2D eigenvalue weighted by atomic mass is 10.3. The molecular weight excluding hydrogens is 226 g/mol. The molecule has 0 aliphatic carbocycles. The molecule has 96 valence electrons.